The van der Waals surface area contributed by atoms with E-state index in [4.69, 9.17) is 17.3 Å². The highest BCUT2D eigenvalue weighted by Crippen LogP contribution is 2.29. The van der Waals surface area contributed by atoms with Crippen molar-refractivity contribution in [3.05, 3.63) is 52.8 Å². The van der Waals surface area contributed by atoms with E-state index in [-0.39, 0.29) is 5.69 Å². The maximum absolute atomic E-state index is 13.6. The molecule has 17 heavy (non-hydrogen) atoms. The predicted molar refractivity (Wildman–Crippen MR) is 70.3 cm³/mol. The lowest BCUT2D eigenvalue weighted by atomic mass is 10.2. The lowest BCUT2D eigenvalue weighted by Gasteiger charge is -2.10. The van der Waals surface area contributed by atoms with E-state index in [1.807, 2.05) is 19.1 Å². The fourth-order valence-electron chi connectivity index (χ4n) is 1.65. The zero-order chi connectivity index (χ0) is 12.4. The first-order valence-electron chi connectivity index (χ1n) is 5.14. The van der Waals surface area contributed by atoms with Crippen LogP contribution < -0.4 is 11.1 Å². The first kappa shape index (κ1) is 11.7. The molecule has 4 heteroatoms. The van der Waals surface area contributed by atoms with Gasteiger partial charge in [-0.05, 0) is 42.8 Å². The zero-order valence-corrected chi connectivity index (χ0v) is 10.1. The number of rotatable bonds is 2. The maximum atomic E-state index is 13.6. The Hall–Kier alpha value is -1.74. The highest BCUT2D eigenvalue weighted by molar-refractivity contribution is 6.33. The van der Waals surface area contributed by atoms with Gasteiger partial charge in [0.15, 0.2) is 0 Å². The molecule has 88 valence electrons. The summed E-state index contributed by atoms with van der Waals surface area (Å²) in [5, 5.41) is 3.27. The van der Waals surface area contributed by atoms with Crippen molar-refractivity contribution in [3.8, 4) is 0 Å². The maximum Gasteiger partial charge on any atom is 0.148 e. The lowest BCUT2D eigenvalue weighted by Crippen LogP contribution is -1.96. The van der Waals surface area contributed by atoms with Crippen LogP contribution in [0.1, 0.15) is 5.56 Å². The number of hydrogen-bond donors (Lipinski definition) is 2. The summed E-state index contributed by atoms with van der Waals surface area (Å²) < 4.78 is 13.6. The van der Waals surface area contributed by atoms with E-state index in [1.54, 1.807) is 18.2 Å². The van der Waals surface area contributed by atoms with E-state index in [9.17, 15) is 4.39 Å². The third-order valence-electron chi connectivity index (χ3n) is 2.33. The Morgan fingerprint density at radius 1 is 1.24 bits per heavy atom. The molecule has 0 saturated heterocycles. The standard InChI is InChI=1S/C13H12ClFN2/c1-8-5-9(16)7-10(6-8)17-13-11(14)3-2-4-12(13)15/h2-7,17H,16H2,1H3. The van der Waals surface area contributed by atoms with Gasteiger partial charge in [0.1, 0.15) is 5.82 Å². The van der Waals surface area contributed by atoms with Crippen molar-refractivity contribution in [1.82, 2.24) is 0 Å². The van der Waals surface area contributed by atoms with Crippen molar-refractivity contribution in [3.63, 3.8) is 0 Å². The lowest BCUT2D eigenvalue weighted by molar-refractivity contribution is 0.632. The Morgan fingerprint density at radius 2 is 2.00 bits per heavy atom. The van der Waals surface area contributed by atoms with Crippen LogP contribution >= 0.6 is 11.6 Å². The van der Waals surface area contributed by atoms with Gasteiger partial charge in [0, 0.05) is 11.4 Å². The van der Waals surface area contributed by atoms with Gasteiger partial charge in [-0.3, -0.25) is 0 Å². The second-order valence-corrected chi connectivity index (χ2v) is 4.26. The summed E-state index contributed by atoms with van der Waals surface area (Å²) in [6.45, 7) is 1.92. The molecule has 2 rings (SSSR count). The monoisotopic (exact) mass is 250 g/mol. The number of hydrogen-bond acceptors (Lipinski definition) is 2. The molecule has 0 fully saturated rings. The number of nitrogen functional groups attached to an aromatic ring is 1. The summed E-state index contributed by atoms with van der Waals surface area (Å²) in [4.78, 5) is 0. The Kier molecular flexibility index (Phi) is 3.20. The van der Waals surface area contributed by atoms with E-state index in [0.717, 1.165) is 11.3 Å². The summed E-state index contributed by atoms with van der Waals surface area (Å²) in [6.07, 6.45) is 0. The van der Waals surface area contributed by atoms with Gasteiger partial charge in [-0.25, -0.2) is 4.39 Å². The van der Waals surface area contributed by atoms with Crippen LogP contribution in [0.2, 0.25) is 5.02 Å². The Labute approximate surface area is 104 Å². The second kappa shape index (κ2) is 4.63. The van der Waals surface area contributed by atoms with E-state index in [1.165, 1.54) is 6.07 Å². The van der Waals surface area contributed by atoms with Crippen molar-refractivity contribution in [2.24, 2.45) is 0 Å². The number of nitrogens with one attached hydrogen (secondary N) is 1. The highest BCUT2D eigenvalue weighted by atomic mass is 35.5. The third kappa shape index (κ3) is 2.68. The van der Waals surface area contributed by atoms with Crippen LogP contribution in [0.3, 0.4) is 0 Å². The molecular formula is C13H12ClFN2. The quantitative estimate of drug-likeness (QED) is 0.787. The Balaban J connectivity index is 2.38. The molecule has 2 aromatic rings. The van der Waals surface area contributed by atoms with Crippen molar-refractivity contribution >= 4 is 28.7 Å². The number of aryl methyl sites for hydroxylation is 1. The van der Waals surface area contributed by atoms with E-state index in [2.05, 4.69) is 5.32 Å². The molecule has 3 N–H and O–H groups in total. The first-order chi connectivity index (χ1) is 8.06. The summed E-state index contributed by atoms with van der Waals surface area (Å²) in [5.74, 6) is -0.391. The summed E-state index contributed by atoms with van der Waals surface area (Å²) in [6, 6.07) is 10.00. The van der Waals surface area contributed by atoms with Crippen LogP contribution in [0.15, 0.2) is 36.4 Å². The Morgan fingerprint density at radius 3 is 2.65 bits per heavy atom. The third-order valence-corrected chi connectivity index (χ3v) is 2.65. The molecule has 0 bridgehead atoms. The van der Waals surface area contributed by atoms with Gasteiger partial charge >= 0.3 is 0 Å². The molecule has 0 heterocycles. The molecule has 0 aliphatic rings. The fourth-order valence-corrected chi connectivity index (χ4v) is 1.86. The van der Waals surface area contributed by atoms with Gasteiger partial charge in [0.2, 0.25) is 0 Å². The van der Waals surface area contributed by atoms with Gasteiger partial charge in [-0.15, -0.1) is 0 Å². The fraction of sp³-hybridized carbons (Fsp3) is 0.0769. The van der Waals surface area contributed by atoms with Crippen molar-refractivity contribution in [2.45, 2.75) is 6.92 Å². The van der Waals surface area contributed by atoms with Gasteiger partial charge in [0.25, 0.3) is 0 Å². The average molecular weight is 251 g/mol. The molecule has 0 radical (unpaired) electrons. The molecule has 0 aliphatic heterocycles. The topological polar surface area (TPSA) is 38.0 Å². The van der Waals surface area contributed by atoms with Crippen LogP contribution in [0, 0.1) is 12.7 Å². The number of halogens is 2. The van der Waals surface area contributed by atoms with Crippen LogP contribution in [0.5, 0.6) is 0 Å². The molecule has 0 aliphatic carbocycles. The van der Waals surface area contributed by atoms with Gasteiger partial charge < -0.3 is 11.1 Å². The SMILES string of the molecule is Cc1cc(N)cc(Nc2c(F)cccc2Cl)c1. The second-order valence-electron chi connectivity index (χ2n) is 3.85. The number of para-hydroxylation sites is 1. The molecule has 2 aromatic carbocycles. The largest absolute Gasteiger partial charge is 0.399 e. The molecule has 0 aromatic heterocycles. The van der Waals surface area contributed by atoms with Crippen LogP contribution in [-0.2, 0) is 0 Å². The van der Waals surface area contributed by atoms with Gasteiger partial charge in [-0.1, -0.05) is 17.7 Å². The van der Waals surface area contributed by atoms with Gasteiger partial charge in [-0.2, -0.15) is 0 Å². The summed E-state index contributed by atoms with van der Waals surface area (Å²) in [5.41, 5.74) is 8.33. The van der Waals surface area contributed by atoms with E-state index >= 15 is 0 Å². The molecule has 0 spiro atoms. The minimum Gasteiger partial charge on any atom is -0.399 e. The van der Waals surface area contributed by atoms with Crippen LogP contribution in [0.25, 0.3) is 0 Å². The number of benzene rings is 2. The van der Waals surface area contributed by atoms with E-state index in [0.29, 0.717) is 10.7 Å². The summed E-state index contributed by atoms with van der Waals surface area (Å²) >= 11 is 5.93. The molecule has 0 atom stereocenters. The molecular weight excluding hydrogens is 239 g/mol. The van der Waals surface area contributed by atoms with Crippen LogP contribution in [0.4, 0.5) is 21.5 Å². The first-order valence-corrected chi connectivity index (χ1v) is 5.52. The highest BCUT2D eigenvalue weighted by Gasteiger charge is 2.07. The van der Waals surface area contributed by atoms with Crippen LogP contribution in [-0.4, -0.2) is 0 Å². The molecule has 0 amide bonds. The van der Waals surface area contributed by atoms with E-state index < -0.39 is 5.82 Å². The summed E-state index contributed by atoms with van der Waals surface area (Å²) in [7, 11) is 0. The normalized spacial score (nSPS) is 10.3. The minimum atomic E-state index is -0.391. The predicted octanol–water partition coefficient (Wildman–Crippen LogP) is 4.11. The smallest absolute Gasteiger partial charge is 0.148 e. The number of anilines is 3. The van der Waals surface area contributed by atoms with Gasteiger partial charge in [0.05, 0.1) is 10.7 Å². The van der Waals surface area contributed by atoms with Crippen molar-refractivity contribution in [2.75, 3.05) is 11.1 Å². The Bertz CT molecular complexity index is 515. The van der Waals surface area contributed by atoms with Crippen molar-refractivity contribution < 1.29 is 4.39 Å². The molecule has 2 nitrogen and oxygen atoms in total. The zero-order valence-electron chi connectivity index (χ0n) is 9.30. The minimum absolute atomic E-state index is 0.263. The van der Waals surface area contributed by atoms with Crippen molar-refractivity contribution in [1.29, 1.82) is 0 Å². The average Bonchev–Trinajstić information content (AvgIpc) is 2.22. The molecule has 0 saturated carbocycles. The molecule has 0 unspecified atom stereocenters. The number of nitrogens with two attached hydrogens (primary N) is 1.